The molecule has 1 aromatic carbocycles. The van der Waals surface area contributed by atoms with E-state index in [4.69, 9.17) is 5.48 Å². The second-order valence-electron chi connectivity index (χ2n) is 7.41. The van der Waals surface area contributed by atoms with Crippen molar-refractivity contribution in [2.75, 3.05) is 0 Å². The van der Waals surface area contributed by atoms with Crippen LogP contribution in [-0.4, -0.2) is 0 Å². The minimum absolute atomic E-state index is 0.877. The first-order valence-electron chi connectivity index (χ1n) is 9.87. The van der Waals surface area contributed by atoms with Crippen LogP contribution in [0.3, 0.4) is 0 Å². The van der Waals surface area contributed by atoms with Crippen LogP contribution in [0.25, 0.3) is 11.3 Å². The van der Waals surface area contributed by atoms with E-state index in [1.54, 1.807) is 0 Å². The summed E-state index contributed by atoms with van der Waals surface area (Å²) in [6, 6.07) is 10.2. The molecule has 0 spiro atoms. The number of nitrogens with zero attached hydrogens (tertiary/aromatic N) is 1. The molecule has 1 heteroatoms. The molecule has 3 rings (SSSR count). The molecule has 0 amide bonds. The fraction of sp³-hybridized carbons (Fsp3) is 0.476. The van der Waals surface area contributed by atoms with E-state index in [0.717, 1.165) is 27.9 Å². The topological polar surface area (TPSA) is 3.88 Å². The monoisotopic (exact) mass is 298 g/mol. The Morgan fingerprint density at radius 1 is 1.00 bits per heavy atom. The van der Waals surface area contributed by atoms with Crippen LogP contribution in [0.1, 0.15) is 62.6 Å². The number of hydrogen-bond acceptors (Lipinski definition) is 0. The van der Waals surface area contributed by atoms with Gasteiger partial charge >= 0.3 is 0 Å². The van der Waals surface area contributed by atoms with Gasteiger partial charge in [0, 0.05) is 22.7 Å². The molecule has 0 saturated carbocycles. The normalized spacial score (nSPS) is 26.1. The molecule has 1 heterocycles. The highest BCUT2D eigenvalue weighted by atomic mass is 14.9. The Balaban J connectivity index is 2.39. The molecule has 0 radical (unpaired) electrons. The van der Waals surface area contributed by atoms with Gasteiger partial charge in [0.05, 0.1) is 0 Å². The van der Waals surface area contributed by atoms with Crippen LogP contribution >= 0.6 is 0 Å². The summed E-state index contributed by atoms with van der Waals surface area (Å²) < 4.78 is 36.6. The zero-order valence-corrected chi connectivity index (χ0v) is 14.4. The van der Waals surface area contributed by atoms with Gasteiger partial charge in [0.2, 0.25) is 5.69 Å². The van der Waals surface area contributed by atoms with Gasteiger partial charge in [-0.2, -0.15) is 0 Å². The Hall–Kier alpha value is -1.63. The molecule has 1 aromatic heterocycles. The maximum atomic E-state index is 8.67. The van der Waals surface area contributed by atoms with E-state index in [1.807, 2.05) is 57.6 Å². The van der Waals surface area contributed by atoms with Gasteiger partial charge in [0.1, 0.15) is 7.05 Å². The molecular formula is C21H28N+. The molecule has 0 bridgehead atoms. The number of aromatic nitrogens is 1. The minimum Gasteiger partial charge on any atom is -0.201 e. The van der Waals surface area contributed by atoms with Crippen molar-refractivity contribution >= 4 is 0 Å². The van der Waals surface area contributed by atoms with E-state index in [0.29, 0.717) is 0 Å². The SMILES string of the molecule is [2H]C1([2H])C(C)(C)c2cc(-c3ccccc3C)[n+](C)cc2C(C)(C)C1([2H])[2H]. The summed E-state index contributed by atoms with van der Waals surface area (Å²) >= 11 is 0. The third-order valence-corrected chi connectivity index (χ3v) is 4.73. The maximum Gasteiger partial charge on any atom is 0.212 e. The first-order valence-corrected chi connectivity index (χ1v) is 7.87. The molecule has 0 saturated heterocycles. The highest BCUT2D eigenvalue weighted by Gasteiger charge is 2.39. The van der Waals surface area contributed by atoms with Crippen LogP contribution in [0.4, 0.5) is 0 Å². The fourth-order valence-corrected chi connectivity index (χ4v) is 3.24. The number of fused-ring (bicyclic) bond motifs is 1. The summed E-state index contributed by atoms with van der Waals surface area (Å²) in [5.41, 5.74) is 3.16. The molecule has 0 atom stereocenters. The first kappa shape index (κ1) is 11.0. The second kappa shape index (κ2) is 4.94. The van der Waals surface area contributed by atoms with Crippen LogP contribution in [0.2, 0.25) is 0 Å². The van der Waals surface area contributed by atoms with E-state index in [1.165, 1.54) is 0 Å². The Labute approximate surface area is 140 Å². The zero-order valence-electron chi connectivity index (χ0n) is 18.4. The predicted octanol–water partition coefficient (Wildman–Crippen LogP) is 4.84. The summed E-state index contributed by atoms with van der Waals surface area (Å²) in [5, 5.41) is 0. The van der Waals surface area contributed by atoms with Crippen LogP contribution in [-0.2, 0) is 17.9 Å². The molecule has 0 fully saturated rings. The molecule has 0 aliphatic heterocycles. The maximum absolute atomic E-state index is 8.67. The summed E-state index contributed by atoms with van der Waals surface area (Å²) in [7, 11) is 1.98. The van der Waals surface area contributed by atoms with Gasteiger partial charge in [-0.1, -0.05) is 45.9 Å². The number of aryl methyl sites for hydroxylation is 2. The van der Waals surface area contributed by atoms with Gasteiger partial charge in [0.25, 0.3) is 0 Å². The molecule has 1 aliphatic carbocycles. The first-order chi connectivity index (χ1) is 11.8. The van der Waals surface area contributed by atoms with Crippen LogP contribution < -0.4 is 4.57 Å². The smallest absolute Gasteiger partial charge is 0.201 e. The third kappa shape index (κ3) is 2.37. The average molecular weight is 298 g/mol. The lowest BCUT2D eigenvalue weighted by Crippen LogP contribution is -2.40. The predicted molar refractivity (Wildman–Crippen MR) is 93.1 cm³/mol. The Morgan fingerprint density at radius 2 is 1.59 bits per heavy atom. The molecule has 116 valence electrons. The molecular weight excluding hydrogens is 266 g/mol. The Kier molecular flexibility index (Phi) is 2.47. The van der Waals surface area contributed by atoms with Crippen molar-refractivity contribution < 1.29 is 10.1 Å². The van der Waals surface area contributed by atoms with Gasteiger partial charge < -0.3 is 0 Å². The highest BCUT2D eigenvalue weighted by Crippen LogP contribution is 2.45. The number of benzene rings is 1. The lowest BCUT2D eigenvalue weighted by Gasteiger charge is -2.40. The van der Waals surface area contributed by atoms with Crippen LogP contribution in [0.5, 0.6) is 0 Å². The number of hydrogen-bond donors (Lipinski definition) is 0. The number of rotatable bonds is 1. The van der Waals surface area contributed by atoms with E-state index >= 15 is 0 Å². The molecule has 1 nitrogen and oxygen atoms in total. The van der Waals surface area contributed by atoms with Crippen molar-refractivity contribution in [3.8, 4) is 11.3 Å². The van der Waals surface area contributed by atoms with Gasteiger partial charge in [-0.25, -0.2) is 4.57 Å². The summed E-state index contributed by atoms with van der Waals surface area (Å²) in [4.78, 5) is 0. The summed E-state index contributed by atoms with van der Waals surface area (Å²) in [5.74, 6) is 0. The fourth-order valence-electron chi connectivity index (χ4n) is 3.24. The van der Waals surface area contributed by atoms with Crippen LogP contribution in [0.15, 0.2) is 36.5 Å². The zero-order chi connectivity index (χ0) is 19.7. The summed E-state index contributed by atoms with van der Waals surface area (Å²) in [6.07, 6.45) is -2.00. The molecule has 0 unspecified atom stereocenters. The second-order valence-corrected chi connectivity index (χ2v) is 7.41. The van der Waals surface area contributed by atoms with Crippen molar-refractivity contribution in [1.82, 2.24) is 0 Å². The summed E-state index contributed by atoms with van der Waals surface area (Å²) in [6.45, 7) is 9.33. The Bertz CT molecular complexity index is 882. The molecule has 0 N–H and O–H groups in total. The van der Waals surface area contributed by atoms with Crippen molar-refractivity contribution in [2.24, 2.45) is 7.05 Å². The third-order valence-electron chi connectivity index (χ3n) is 4.73. The van der Waals surface area contributed by atoms with E-state index < -0.39 is 23.6 Å². The largest absolute Gasteiger partial charge is 0.212 e. The lowest BCUT2D eigenvalue weighted by molar-refractivity contribution is -0.661. The van der Waals surface area contributed by atoms with Crippen LogP contribution in [0, 0.1) is 6.92 Å². The van der Waals surface area contributed by atoms with E-state index in [9.17, 15) is 0 Å². The average Bonchev–Trinajstić information content (AvgIpc) is 2.53. The standard InChI is InChI=1S/C21H28N/c1-15-9-7-8-10-16(15)19-13-17-18(14-22(19)6)21(4,5)12-11-20(17,2)3/h7-10,13-14H,11-12H2,1-6H3/q+1/i11D2,12D2. The van der Waals surface area contributed by atoms with Crippen molar-refractivity contribution in [3.05, 3.63) is 53.2 Å². The molecule has 2 aromatic rings. The quantitative estimate of drug-likeness (QED) is 0.664. The Morgan fingerprint density at radius 3 is 2.23 bits per heavy atom. The van der Waals surface area contributed by atoms with Crippen molar-refractivity contribution in [1.29, 1.82) is 0 Å². The van der Waals surface area contributed by atoms with Crippen molar-refractivity contribution in [2.45, 2.75) is 58.2 Å². The van der Waals surface area contributed by atoms with E-state index in [2.05, 4.69) is 25.1 Å². The van der Waals surface area contributed by atoms with Gasteiger partial charge in [-0.3, -0.25) is 0 Å². The number of pyridine rings is 1. The molecule has 1 aliphatic rings. The highest BCUT2D eigenvalue weighted by molar-refractivity contribution is 5.62. The van der Waals surface area contributed by atoms with Crippen molar-refractivity contribution in [3.63, 3.8) is 0 Å². The van der Waals surface area contributed by atoms with Gasteiger partial charge in [-0.15, -0.1) is 0 Å². The lowest BCUT2D eigenvalue weighted by atomic mass is 9.63. The van der Waals surface area contributed by atoms with E-state index in [-0.39, 0.29) is 0 Å². The molecule has 22 heavy (non-hydrogen) atoms. The van der Waals surface area contributed by atoms with Gasteiger partial charge in [-0.05, 0) is 47.7 Å². The van der Waals surface area contributed by atoms with Gasteiger partial charge in [0.15, 0.2) is 6.20 Å². The minimum atomic E-state index is -2.00.